The SMILES string of the molecule is CCBCc1ccc(OC)cc1. The number of hydrogen-bond acceptors (Lipinski definition) is 1. The predicted octanol–water partition coefficient (Wildman–Crippen LogP) is 2.07. The van der Waals surface area contributed by atoms with Gasteiger partial charge in [0.1, 0.15) is 13.0 Å². The third-order valence-electron chi connectivity index (χ3n) is 1.98. The summed E-state index contributed by atoms with van der Waals surface area (Å²) in [6.45, 7) is 2.21. The van der Waals surface area contributed by atoms with Gasteiger partial charge in [-0.25, -0.2) is 0 Å². The van der Waals surface area contributed by atoms with Crippen LogP contribution in [-0.2, 0) is 6.32 Å². The Labute approximate surface area is 75.0 Å². The second kappa shape index (κ2) is 4.86. The zero-order valence-corrected chi connectivity index (χ0v) is 7.84. The minimum atomic E-state index is 0.940. The standard InChI is InChI=1S/C10H15BO/c1-3-11-8-9-4-6-10(12-2)7-5-9/h4-7,11H,3,8H2,1-2H3. The Bertz CT molecular complexity index is 218. The first-order chi connectivity index (χ1) is 5.86. The van der Waals surface area contributed by atoms with E-state index in [1.54, 1.807) is 7.11 Å². The van der Waals surface area contributed by atoms with Crippen molar-refractivity contribution in [1.82, 2.24) is 0 Å². The molecule has 0 spiro atoms. The molecule has 0 fully saturated rings. The van der Waals surface area contributed by atoms with Gasteiger partial charge in [-0.15, -0.1) is 0 Å². The van der Waals surface area contributed by atoms with Crippen molar-refractivity contribution in [1.29, 1.82) is 0 Å². The molecule has 0 amide bonds. The predicted molar refractivity (Wildman–Crippen MR) is 54.3 cm³/mol. The van der Waals surface area contributed by atoms with E-state index in [4.69, 9.17) is 4.74 Å². The van der Waals surface area contributed by atoms with Crippen LogP contribution >= 0.6 is 0 Å². The summed E-state index contributed by atoms with van der Waals surface area (Å²) in [5.41, 5.74) is 1.40. The van der Waals surface area contributed by atoms with Gasteiger partial charge < -0.3 is 4.74 Å². The lowest BCUT2D eigenvalue weighted by molar-refractivity contribution is 0.414. The van der Waals surface area contributed by atoms with E-state index in [1.165, 1.54) is 25.5 Å². The molecule has 0 unspecified atom stereocenters. The van der Waals surface area contributed by atoms with Gasteiger partial charge in [0, 0.05) is 0 Å². The molecule has 0 aliphatic carbocycles. The van der Waals surface area contributed by atoms with Gasteiger partial charge in [0.2, 0.25) is 0 Å². The molecule has 12 heavy (non-hydrogen) atoms. The molecule has 0 saturated carbocycles. The quantitative estimate of drug-likeness (QED) is 0.615. The maximum atomic E-state index is 5.07. The molecule has 0 aromatic heterocycles. The number of hydrogen-bond donors (Lipinski definition) is 0. The lowest BCUT2D eigenvalue weighted by Crippen LogP contribution is -1.93. The highest BCUT2D eigenvalue weighted by molar-refractivity contribution is 6.34. The number of ether oxygens (including phenoxy) is 1. The van der Waals surface area contributed by atoms with Crippen LogP contribution in [0.2, 0.25) is 6.32 Å². The van der Waals surface area contributed by atoms with Crippen LogP contribution < -0.4 is 4.74 Å². The van der Waals surface area contributed by atoms with Gasteiger partial charge in [-0.1, -0.05) is 37.3 Å². The Kier molecular flexibility index (Phi) is 3.72. The van der Waals surface area contributed by atoms with Crippen LogP contribution in [-0.4, -0.2) is 14.4 Å². The fourth-order valence-electron chi connectivity index (χ4n) is 1.17. The maximum absolute atomic E-state index is 5.07. The van der Waals surface area contributed by atoms with E-state index in [0.29, 0.717) is 0 Å². The largest absolute Gasteiger partial charge is 0.497 e. The molecule has 0 atom stereocenters. The van der Waals surface area contributed by atoms with Gasteiger partial charge in [0.25, 0.3) is 0 Å². The summed E-state index contributed by atoms with van der Waals surface area (Å²) in [6, 6.07) is 8.30. The van der Waals surface area contributed by atoms with Crippen LogP contribution in [0.15, 0.2) is 24.3 Å². The van der Waals surface area contributed by atoms with Crippen molar-refractivity contribution in [2.75, 3.05) is 7.11 Å². The van der Waals surface area contributed by atoms with Crippen LogP contribution in [0, 0.1) is 0 Å². The highest BCUT2D eigenvalue weighted by Crippen LogP contribution is 2.11. The third-order valence-corrected chi connectivity index (χ3v) is 1.98. The van der Waals surface area contributed by atoms with Crippen molar-refractivity contribution >= 4 is 7.28 Å². The second-order valence-electron chi connectivity index (χ2n) is 2.95. The van der Waals surface area contributed by atoms with E-state index >= 15 is 0 Å². The lowest BCUT2D eigenvalue weighted by atomic mass is 9.69. The zero-order valence-electron chi connectivity index (χ0n) is 7.84. The Balaban J connectivity index is 2.53. The summed E-state index contributed by atoms with van der Waals surface area (Å²) in [5, 5.41) is 0. The number of rotatable bonds is 4. The van der Waals surface area contributed by atoms with Gasteiger partial charge in [-0.2, -0.15) is 0 Å². The van der Waals surface area contributed by atoms with E-state index in [9.17, 15) is 0 Å². The van der Waals surface area contributed by atoms with Crippen LogP contribution in [0.4, 0.5) is 0 Å². The smallest absolute Gasteiger partial charge is 0.125 e. The van der Waals surface area contributed by atoms with E-state index in [0.717, 1.165) is 5.75 Å². The molecule has 0 aliphatic rings. The molecule has 0 radical (unpaired) electrons. The minimum Gasteiger partial charge on any atom is -0.497 e. The first-order valence-electron chi connectivity index (χ1n) is 4.49. The molecule has 0 N–H and O–H groups in total. The molecular formula is C10H15BO. The normalized spacial score (nSPS) is 9.50. The molecule has 0 heterocycles. The van der Waals surface area contributed by atoms with Crippen molar-refractivity contribution in [2.24, 2.45) is 0 Å². The van der Waals surface area contributed by atoms with Gasteiger partial charge in [-0.3, -0.25) is 0 Å². The van der Waals surface area contributed by atoms with Crippen LogP contribution in [0.1, 0.15) is 12.5 Å². The summed E-state index contributed by atoms with van der Waals surface area (Å²) in [7, 11) is 2.97. The minimum absolute atomic E-state index is 0.940. The Hall–Kier alpha value is -0.915. The Morgan fingerprint density at radius 2 is 1.92 bits per heavy atom. The van der Waals surface area contributed by atoms with Crippen molar-refractivity contribution < 1.29 is 4.74 Å². The average molecular weight is 162 g/mol. The van der Waals surface area contributed by atoms with E-state index in [2.05, 4.69) is 19.1 Å². The van der Waals surface area contributed by atoms with E-state index in [-0.39, 0.29) is 0 Å². The number of benzene rings is 1. The average Bonchev–Trinajstić information content (AvgIpc) is 2.15. The highest BCUT2D eigenvalue weighted by atomic mass is 16.5. The van der Waals surface area contributed by atoms with Crippen molar-refractivity contribution in [3.63, 3.8) is 0 Å². The van der Waals surface area contributed by atoms with Crippen LogP contribution in [0.25, 0.3) is 0 Å². The first kappa shape index (κ1) is 9.18. The highest BCUT2D eigenvalue weighted by Gasteiger charge is 1.93. The van der Waals surface area contributed by atoms with Crippen molar-refractivity contribution in [3.05, 3.63) is 29.8 Å². The van der Waals surface area contributed by atoms with E-state index < -0.39 is 0 Å². The molecule has 0 saturated heterocycles. The fraction of sp³-hybridized carbons (Fsp3) is 0.400. The molecule has 0 aliphatic heterocycles. The third kappa shape index (κ3) is 2.61. The molecule has 2 heteroatoms. The Morgan fingerprint density at radius 1 is 1.25 bits per heavy atom. The number of methoxy groups -OCH3 is 1. The van der Waals surface area contributed by atoms with Crippen LogP contribution in [0.5, 0.6) is 5.75 Å². The molecule has 64 valence electrons. The summed E-state index contributed by atoms with van der Waals surface area (Å²) in [5.74, 6) is 0.940. The molecule has 0 bridgehead atoms. The van der Waals surface area contributed by atoms with Gasteiger partial charge in [0.05, 0.1) is 7.11 Å². The van der Waals surface area contributed by atoms with Gasteiger partial charge in [0.15, 0.2) is 0 Å². The fourth-order valence-corrected chi connectivity index (χ4v) is 1.17. The summed E-state index contributed by atoms with van der Waals surface area (Å²) in [6.07, 6.45) is 2.44. The second-order valence-corrected chi connectivity index (χ2v) is 2.95. The molecule has 1 aromatic rings. The molecular weight excluding hydrogens is 147 g/mol. The molecule has 1 aromatic carbocycles. The zero-order chi connectivity index (χ0) is 8.81. The monoisotopic (exact) mass is 162 g/mol. The lowest BCUT2D eigenvalue weighted by Gasteiger charge is -2.01. The van der Waals surface area contributed by atoms with Crippen molar-refractivity contribution in [3.8, 4) is 5.75 Å². The molecule has 1 nitrogen and oxygen atoms in total. The summed E-state index contributed by atoms with van der Waals surface area (Å²) >= 11 is 0. The first-order valence-corrected chi connectivity index (χ1v) is 4.49. The summed E-state index contributed by atoms with van der Waals surface area (Å²) in [4.78, 5) is 0. The van der Waals surface area contributed by atoms with Crippen molar-refractivity contribution in [2.45, 2.75) is 19.6 Å². The van der Waals surface area contributed by atoms with Crippen LogP contribution in [0.3, 0.4) is 0 Å². The maximum Gasteiger partial charge on any atom is 0.125 e. The molecule has 1 rings (SSSR count). The summed E-state index contributed by atoms with van der Waals surface area (Å²) < 4.78 is 5.07. The topological polar surface area (TPSA) is 9.23 Å². The van der Waals surface area contributed by atoms with Gasteiger partial charge >= 0.3 is 0 Å². The van der Waals surface area contributed by atoms with Gasteiger partial charge in [-0.05, 0) is 12.1 Å². The Morgan fingerprint density at radius 3 is 2.42 bits per heavy atom. The van der Waals surface area contributed by atoms with E-state index in [1.807, 2.05) is 12.1 Å².